The smallest absolute Gasteiger partial charge is 0.0610 e. The Labute approximate surface area is 97.9 Å². The highest BCUT2D eigenvalue weighted by atomic mass is 14.9. The van der Waals surface area contributed by atoms with E-state index in [1.165, 1.54) is 5.56 Å². The number of hydrogen-bond acceptors (Lipinski definition) is 0. The number of rotatable bonds is 4. The fraction of sp³-hybridized carbons (Fsp3) is 0.333. The minimum absolute atomic E-state index is 0.380. The van der Waals surface area contributed by atoms with Crippen LogP contribution in [0.5, 0.6) is 0 Å². The minimum atomic E-state index is 0.380. The Bertz CT molecular complexity index is 344. The van der Waals surface area contributed by atoms with Gasteiger partial charge in [-0.2, -0.15) is 0 Å². The lowest BCUT2D eigenvalue weighted by molar-refractivity contribution is 0.363. The van der Waals surface area contributed by atoms with Crippen molar-refractivity contribution < 1.29 is 0 Å². The van der Waals surface area contributed by atoms with Gasteiger partial charge in [0.2, 0.25) is 0 Å². The Morgan fingerprint density at radius 3 is 2.69 bits per heavy atom. The van der Waals surface area contributed by atoms with E-state index >= 15 is 0 Å². The zero-order chi connectivity index (χ0) is 11.4. The Morgan fingerprint density at radius 2 is 1.94 bits per heavy atom. The molecule has 0 saturated carbocycles. The van der Waals surface area contributed by atoms with Crippen molar-refractivity contribution in [1.29, 1.82) is 0 Å². The molecule has 0 aromatic heterocycles. The van der Waals surface area contributed by atoms with E-state index in [-0.39, 0.29) is 0 Å². The summed E-state index contributed by atoms with van der Waals surface area (Å²) in [6.45, 7) is 7.66. The van der Waals surface area contributed by atoms with Crippen molar-refractivity contribution in [2.45, 2.75) is 25.3 Å². The van der Waals surface area contributed by atoms with E-state index in [9.17, 15) is 0 Å². The number of para-hydroxylation sites is 1. The maximum absolute atomic E-state index is 4.82. The van der Waals surface area contributed by atoms with Crippen molar-refractivity contribution in [3.63, 3.8) is 0 Å². The maximum atomic E-state index is 4.82. The average Bonchev–Trinajstić information content (AvgIpc) is 2.30. The van der Waals surface area contributed by atoms with Crippen molar-refractivity contribution in [3.05, 3.63) is 55.1 Å². The molecule has 0 fully saturated rings. The van der Waals surface area contributed by atoms with Crippen molar-refractivity contribution in [1.82, 2.24) is 5.32 Å². The molecule has 1 radical (unpaired) electrons. The first-order valence-electron chi connectivity index (χ1n) is 5.85. The summed E-state index contributed by atoms with van der Waals surface area (Å²) in [4.78, 5) is 0. The molecule has 0 spiro atoms. The highest BCUT2D eigenvalue weighted by molar-refractivity contribution is 5.47. The molecule has 1 nitrogen and oxygen atoms in total. The summed E-state index contributed by atoms with van der Waals surface area (Å²) in [7, 11) is 0. The molecule has 1 heterocycles. The van der Waals surface area contributed by atoms with E-state index in [1.54, 1.807) is 0 Å². The van der Waals surface area contributed by atoms with Crippen molar-refractivity contribution >= 4 is 5.69 Å². The van der Waals surface area contributed by atoms with Gasteiger partial charge in [0.1, 0.15) is 0 Å². The quantitative estimate of drug-likeness (QED) is 0.677. The largest absolute Gasteiger partial charge is 0.281 e. The van der Waals surface area contributed by atoms with Gasteiger partial charge < -0.3 is 0 Å². The van der Waals surface area contributed by atoms with E-state index < -0.39 is 0 Å². The van der Waals surface area contributed by atoms with Gasteiger partial charge in [-0.3, -0.25) is 5.32 Å². The van der Waals surface area contributed by atoms with Crippen LogP contribution in [-0.4, -0.2) is 6.04 Å². The highest BCUT2D eigenvalue weighted by Gasteiger charge is 2.27. The molecule has 2 atom stereocenters. The molecule has 0 aliphatic carbocycles. The predicted octanol–water partition coefficient (Wildman–Crippen LogP) is 3.62. The van der Waals surface area contributed by atoms with Gasteiger partial charge >= 0.3 is 0 Å². The SMILES string of the molecule is C=CCC1Cc2ccccc2[N]C1CC=C. The monoisotopic (exact) mass is 212 g/mol. The Hall–Kier alpha value is -1.50. The third kappa shape index (κ3) is 2.19. The van der Waals surface area contributed by atoms with Gasteiger partial charge in [-0.15, -0.1) is 13.2 Å². The van der Waals surface area contributed by atoms with Gasteiger partial charge in [-0.05, 0) is 36.8 Å². The average molecular weight is 212 g/mol. The number of hydrogen-bond donors (Lipinski definition) is 0. The van der Waals surface area contributed by atoms with Crippen LogP contribution in [0.4, 0.5) is 5.69 Å². The summed E-state index contributed by atoms with van der Waals surface area (Å²) in [5.41, 5.74) is 2.53. The summed E-state index contributed by atoms with van der Waals surface area (Å²) >= 11 is 0. The predicted molar refractivity (Wildman–Crippen MR) is 68.8 cm³/mol. The Morgan fingerprint density at radius 1 is 1.19 bits per heavy atom. The van der Waals surface area contributed by atoms with Gasteiger partial charge in [0.25, 0.3) is 0 Å². The summed E-state index contributed by atoms with van der Waals surface area (Å²) in [5, 5.41) is 4.82. The van der Waals surface area contributed by atoms with Crippen LogP contribution >= 0.6 is 0 Å². The first-order valence-corrected chi connectivity index (χ1v) is 5.85. The van der Waals surface area contributed by atoms with Gasteiger partial charge in [-0.25, -0.2) is 0 Å². The lowest BCUT2D eigenvalue weighted by atomic mass is 9.83. The first-order chi connectivity index (χ1) is 7.85. The summed E-state index contributed by atoms with van der Waals surface area (Å²) in [6.07, 6.45) is 7.09. The molecule has 83 valence electrons. The molecular formula is C15H18N. The molecule has 2 rings (SSSR count). The molecule has 1 aliphatic rings. The normalized spacial score (nSPS) is 23.0. The van der Waals surface area contributed by atoms with E-state index in [4.69, 9.17) is 5.32 Å². The second-order valence-electron chi connectivity index (χ2n) is 4.34. The highest BCUT2D eigenvalue weighted by Crippen LogP contribution is 2.31. The number of fused-ring (bicyclic) bond motifs is 1. The minimum Gasteiger partial charge on any atom is -0.281 e. The van der Waals surface area contributed by atoms with Crippen molar-refractivity contribution in [2.75, 3.05) is 0 Å². The standard InChI is InChI=1S/C15H18N/c1-3-7-12-11-13-9-5-6-10-15(13)16-14(12)8-4-2/h3-6,9-10,12,14H,1-2,7-8,11H2. The van der Waals surface area contributed by atoms with Gasteiger partial charge in [0.05, 0.1) is 11.7 Å². The Kier molecular flexibility index (Phi) is 3.45. The first kappa shape index (κ1) is 11.0. The molecule has 1 aromatic carbocycles. The van der Waals surface area contributed by atoms with Gasteiger partial charge in [-0.1, -0.05) is 30.4 Å². The van der Waals surface area contributed by atoms with Crippen LogP contribution in [-0.2, 0) is 6.42 Å². The molecule has 0 saturated heterocycles. The number of allylic oxidation sites excluding steroid dienone is 1. The van der Waals surface area contributed by atoms with E-state index in [0.29, 0.717) is 12.0 Å². The molecule has 0 amide bonds. The summed E-state index contributed by atoms with van der Waals surface area (Å²) < 4.78 is 0. The molecule has 1 aromatic rings. The molecule has 0 N–H and O–H groups in total. The lowest BCUT2D eigenvalue weighted by Crippen LogP contribution is -2.33. The summed E-state index contributed by atoms with van der Waals surface area (Å²) in [5.74, 6) is 0.588. The Balaban J connectivity index is 2.21. The van der Waals surface area contributed by atoms with E-state index in [1.807, 2.05) is 12.2 Å². The second-order valence-corrected chi connectivity index (χ2v) is 4.34. The second kappa shape index (κ2) is 5.02. The zero-order valence-corrected chi connectivity index (χ0v) is 9.60. The van der Waals surface area contributed by atoms with Gasteiger partial charge in [0, 0.05) is 0 Å². The van der Waals surface area contributed by atoms with E-state index in [2.05, 4.69) is 37.4 Å². The molecule has 2 unspecified atom stereocenters. The number of benzene rings is 1. The van der Waals surface area contributed by atoms with Crippen LogP contribution in [0.15, 0.2) is 49.6 Å². The molecule has 16 heavy (non-hydrogen) atoms. The topological polar surface area (TPSA) is 14.1 Å². The lowest BCUT2D eigenvalue weighted by Gasteiger charge is -2.31. The third-order valence-electron chi connectivity index (χ3n) is 3.20. The molecule has 1 heteroatoms. The zero-order valence-electron chi connectivity index (χ0n) is 9.60. The van der Waals surface area contributed by atoms with Crippen LogP contribution in [0, 0.1) is 5.92 Å². The van der Waals surface area contributed by atoms with Crippen LogP contribution in [0.1, 0.15) is 18.4 Å². The molecular weight excluding hydrogens is 194 g/mol. The fourth-order valence-electron chi connectivity index (χ4n) is 2.38. The maximum Gasteiger partial charge on any atom is 0.0610 e. The van der Waals surface area contributed by atoms with E-state index in [0.717, 1.165) is 24.9 Å². The van der Waals surface area contributed by atoms with Gasteiger partial charge in [0.15, 0.2) is 0 Å². The summed E-state index contributed by atoms with van der Waals surface area (Å²) in [6, 6.07) is 8.81. The van der Waals surface area contributed by atoms with Crippen LogP contribution in [0.2, 0.25) is 0 Å². The van der Waals surface area contributed by atoms with Crippen LogP contribution in [0.25, 0.3) is 0 Å². The van der Waals surface area contributed by atoms with Crippen LogP contribution < -0.4 is 5.32 Å². The molecule has 1 aliphatic heterocycles. The van der Waals surface area contributed by atoms with Crippen LogP contribution in [0.3, 0.4) is 0 Å². The fourth-order valence-corrected chi connectivity index (χ4v) is 2.38. The van der Waals surface area contributed by atoms with Crippen molar-refractivity contribution in [3.8, 4) is 0 Å². The molecule has 0 bridgehead atoms. The third-order valence-corrected chi connectivity index (χ3v) is 3.20. The van der Waals surface area contributed by atoms with Crippen molar-refractivity contribution in [2.24, 2.45) is 5.92 Å². The number of nitrogens with zero attached hydrogens (tertiary/aromatic N) is 1.